The van der Waals surface area contributed by atoms with Crippen molar-refractivity contribution in [3.63, 3.8) is 0 Å². The highest BCUT2D eigenvalue weighted by Gasteiger charge is 2.19. The molecule has 1 aliphatic heterocycles. The predicted molar refractivity (Wildman–Crippen MR) is 108 cm³/mol. The molecule has 3 rings (SSSR count). The number of anilines is 2. The molecular weight excluding hydrogens is 385 g/mol. The van der Waals surface area contributed by atoms with Gasteiger partial charge in [0.05, 0.1) is 10.0 Å². The summed E-state index contributed by atoms with van der Waals surface area (Å²) in [4.78, 5) is 4.48. The van der Waals surface area contributed by atoms with Gasteiger partial charge in [0, 0.05) is 42.6 Å². The van der Waals surface area contributed by atoms with Crippen LogP contribution in [0.5, 0.6) is 0 Å². The summed E-state index contributed by atoms with van der Waals surface area (Å²) in [5, 5.41) is 5.72. The number of nitrogens with one attached hydrogen (secondary N) is 1. The van der Waals surface area contributed by atoms with E-state index in [4.69, 9.17) is 47.0 Å². The molecule has 0 radical (unpaired) electrons. The SMILES string of the molecule is S=C(Nc1ccc(Cl)c(Cl)c1)N1CCN(c2ccc(Cl)cc2)CC1. The second-order valence-electron chi connectivity index (χ2n) is 5.51. The van der Waals surface area contributed by atoms with Crippen LogP contribution in [0.25, 0.3) is 0 Å². The maximum atomic E-state index is 6.04. The van der Waals surface area contributed by atoms with Crippen LogP contribution in [0.15, 0.2) is 42.5 Å². The molecule has 0 aliphatic carbocycles. The number of thiocarbonyl (C=S) groups is 1. The second kappa shape index (κ2) is 7.79. The van der Waals surface area contributed by atoms with Crippen LogP contribution >= 0.6 is 47.0 Å². The van der Waals surface area contributed by atoms with Crippen molar-refractivity contribution in [3.05, 3.63) is 57.5 Å². The molecule has 0 atom stereocenters. The van der Waals surface area contributed by atoms with Crippen molar-refractivity contribution >= 4 is 63.5 Å². The molecule has 7 heteroatoms. The lowest BCUT2D eigenvalue weighted by molar-refractivity contribution is 0.391. The van der Waals surface area contributed by atoms with E-state index in [2.05, 4.69) is 15.1 Å². The van der Waals surface area contributed by atoms with Gasteiger partial charge >= 0.3 is 0 Å². The van der Waals surface area contributed by atoms with Crippen LogP contribution in [-0.2, 0) is 0 Å². The second-order valence-corrected chi connectivity index (χ2v) is 7.15. The number of benzene rings is 2. The van der Waals surface area contributed by atoms with Gasteiger partial charge in [0.25, 0.3) is 0 Å². The minimum atomic E-state index is 0.511. The van der Waals surface area contributed by atoms with Gasteiger partial charge in [-0.1, -0.05) is 34.8 Å². The van der Waals surface area contributed by atoms with E-state index in [-0.39, 0.29) is 0 Å². The monoisotopic (exact) mass is 399 g/mol. The van der Waals surface area contributed by atoms with Crippen LogP contribution in [0, 0.1) is 0 Å². The summed E-state index contributed by atoms with van der Waals surface area (Å²) in [6.45, 7) is 3.53. The molecule has 24 heavy (non-hydrogen) atoms. The third-order valence-electron chi connectivity index (χ3n) is 3.93. The van der Waals surface area contributed by atoms with Crippen molar-refractivity contribution in [1.29, 1.82) is 0 Å². The van der Waals surface area contributed by atoms with Gasteiger partial charge in [0.2, 0.25) is 0 Å². The summed E-state index contributed by atoms with van der Waals surface area (Å²) in [5.41, 5.74) is 2.02. The molecule has 0 saturated carbocycles. The van der Waals surface area contributed by atoms with Gasteiger partial charge in [-0.2, -0.15) is 0 Å². The van der Waals surface area contributed by atoms with Crippen LogP contribution in [0.4, 0.5) is 11.4 Å². The van der Waals surface area contributed by atoms with Crippen LogP contribution in [0.2, 0.25) is 15.1 Å². The highest BCUT2D eigenvalue weighted by atomic mass is 35.5. The first kappa shape index (κ1) is 17.6. The number of rotatable bonds is 2. The van der Waals surface area contributed by atoms with Gasteiger partial charge in [-0.15, -0.1) is 0 Å². The molecule has 1 heterocycles. The Bertz CT molecular complexity index is 728. The van der Waals surface area contributed by atoms with E-state index >= 15 is 0 Å². The molecule has 1 saturated heterocycles. The molecule has 2 aromatic rings. The first-order valence-corrected chi connectivity index (χ1v) is 9.08. The largest absolute Gasteiger partial charge is 0.368 e. The normalized spacial score (nSPS) is 14.6. The highest BCUT2D eigenvalue weighted by molar-refractivity contribution is 7.80. The standard InChI is InChI=1S/C17H16Cl3N3S/c18-12-1-4-14(5-2-12)22-7-9-23(10-8-22)17(24)21-13-3-6-15(19)16(20)11-13/h1-6,11H,7-10H2,(H,21,24). The molecule has 2 aromatic carbocycles. The van der Waals surface area contributed by atoms with E-state index in [9.17, 15) is 0 Å². The van der Waals surface area contributed by atoms with E-state index in [1.165, 1.54) is 5.69 Å². The third kappa shape index (κ3) is 4.25. The molecule has 0 unspecified atom stereocenters. The molecule has 126 valence electrons. The smallest absolute Gasteiger partial charge is 0.173 e. The van der Waals surface area contributed by atoms with Crippen molar-refractivity contribution in [1.82, 2.24) is 4.90 Å². The molecule has 1 aliphatic rings. The Labute approximate surface area is 162 Å². The topological polar surface area (TPSA) is 18.5 Å². The molecule has 0 bridgehead atoms. The van der Waals surface area contributed by atoms with Crippen LogP contribution < -0.4 is 10.2 Å². The molecule has 0 aromatic heterocycles. The number of halogens is 3. The molecular formula is C17H16Cl3N3S. The van der Waals surface area contributed by atoms with Crippen LogP contribution in [0.1, 0.15) is 0 Å². The summed E-state index contributed by atoms with van der Waals surface area (Å²) >= 11 is 23.4. The fourth-order valence-electron chi connectivity index (χ4n) is 2.60. The molecule has 1 N–H and O–H groups in total. The molecule has 3 nitrogen and oxygen atoms in total. The van der Waals surface area contributed by atoms with Gasteiger partial charge < -0.3 is 15.1 Å². The zero-order valence-corrected chi connectivity index (χ0v) is 15.9. The van der Waals surface area contributed by atoms with Gasteiger partial charge in [-0.05, 0) is 54.7 Å². The van der Waals surface area contributed by atoms with E-state index < -0.39 is 0 Å². The zero-order chi connectivity index (χ0) is 17.1. The Morgan fingerprint density at radius 1 is 0.875 bits per heavy atom. The van der Waals surface area contributed by atoms with Crippen LogP contribution in [-0.4, -0.2) is 36.2 Å². The lowest BCUT2D eigenvalue weighted by Crippen LogP contribution is -2.50. The van der Waals surface area contributed by atoms with Gasteiger partial charge in [-0.3, -0.25) is 0 Å². The van der Waals surface area contributed by atoms with Gasteiger partial charge in [-0.25, -0.2) is 0 Å². The zero-order valence-electron chi connectivity index (χ0n) is 12.8. The number of nitrogens with zero attached hydrogens (tertiary/aromatic N) is 2. The average molecular weight is 401 g/mol. The Hall–Kier alpha value is -1.20. The molecule has 0 spiro atoms. The van der Waals surface area contributed by atoms with Crippen molar-refractivity contribution in [2.24, 2.45) is 0 Å². The fraction of sp³-hybridized carbons (Fsp3) is 0.235. The molecule has 0 amide bonds. The third-order valence-corrected chi connectivity index (χ3v) is 5.28. The Morgan fingerprint density at radius 2 is 1.54 bits per heavy atom. The minimum absolute atomic E-state index is 0.511. The molecule has 1 fully saturated rings. The number of piperazine rings is 1. The lowest BCUT2D eigenvalue weighted by Gasteiger charge is -2.37. The number of hydrogen-bond donors (Lipinski definition) is 1. The van der Waals surface area contributed by atoms with Crippen molar-refractivity contribution < 1.29 is 0 Å². The summed E-state index contributed by atoms with van der Waals surface area (Å²) in [5.74, 6) is 0. The van der Waals surface area contributed by atoms with Crippen LogP contribution in [0.3, 0.4) is 0 Å². The average Bonchev–Trinajstić information content (AvgIpc) is 2.59. The van der Waals surface area contributed by atoms with Gasteiger partial charge in [0.1, 0.15) is 0 Å². The van der Waals surface area contributed by atoms with E-state index in [0.717, 1.165) is 36.9 Å². The maximum absolute atomic E-state index is 6.04. The fourth-order valence-corrected chi connectivity index (χ4v) is 3.32. The van der Waals surface area contributed by atoms with E-state index in [1.54, 1.807) is 12.1 Å². The lowest BCUT2D eigenvalue weighted by atomic mass is 10.2. The Kier molecular flexibility index (Phi) is 5.72. The summed E-state index contributed by atoms with van der Waals surface area (Å²) in [6, 6.07) is 13.3. The highest BCUT2D eigenvalue weighted by Crippen LogP contribution is 2.25. The van der Waals surface area contributed by atoms with Crippen molar-refractivity contribution in [2.75, 3.05) is 36.4 Å². The summed E-state index contributed by atoms with van der Waals surface area (Å²) < 4.78 is 0. The van der Waals surface area contributed by atoms with E-state index in [0.29, 0.717) is 15.2 Å². The summed E-state index contributed by atoms with van der Waals surface area (Å²) in [7, 11) is 0. The quantitative estimate of drug-likeness (QED) is 0.701. The first-order valence-electron chi connectivity index (χ1n) is 7.54. The van der Waals surface area contributed by atoms with Gasteiger partial charge in [0.15, 0.2) is 5.11 Å². The Morgan fingerprint density at radius 3 is 2.17 bits per heavy atom. The van der Waals surface area contributed by atoms with Crippen molar-refractivity contribution in [2.45, 2.75) is 0 Å². The maximum Gasteiger partial charge on any atom is 0.173 e. The van der Waals surface area contributed by atoms with E-state index in [1.807, 2.05) is 30.3 Å². The minimum Gasteiger partial charge on any atom is -0.368 e. The Balaban J connectivity index is 1.56. The number of hydrogen-bond acceptors (Lipinski definition) is 2. The van der Waals surface area contributed by atoms with Crippen molar-refractivity contribution in [3.8, 4) is 0 Å². The first-order chi connectivity index (χ1) is 11.5. The predicted octanol–water partition coefficient (Wildman–Crippen LogP) is 5.17. The summed E-state index contributed by atoms with van der Waals surface area (Å²) in [6.07, 6.45) is 0.